The molecular weight excluding hydrogens is 394 g/mol. The molecule has 1 saturated heterocycles. The van der Waals surface area contributed by atoms with Crippen LogP contribution in [0.15, 0.2) is 47.4 Å². The van der Waals surface area contributed by atoms with Crippen molar-refractivity contribution >= 4 is 11.8 Å². The van der Waals surface area contributed by atoms with E-state index in [9.17, 15) is 30.0 Å². The van der Waals surface area contributed by atoms with E-state index in [0.29, 0.717) is 6.54 Å². The molecule has 0 spiro atoms. The van der Waals surface area contributed by atoms with Gasteiger partial charge in [-0.2, -0.15) is 4.98 Å². The van der Waals surface area contributed by atoms with Crippen LogP contribution < -0.4 is 10.6 Å². The van der Waals surface area contributed by atoms with E-state index in [1.807, 2.05) is 30.3 Å². The summed E-state index contributed by atoms with van der Waals surface area (Å²) in [5, 5.41) is 39.0. The van der Waals surface area contributed by atoms with E-state index in [4.69, 9.17) is 4.74 Å². The Kier molecular flexibility index (Phi) is 6.83. The standard InChI is InChI=1S/C20H25N3O7/c1-2-22(13(19(27)28)10-12-6-4-3-5-7-12)15-8-9-23(20(29)21-15)18-17(26)16(25)14(11-24)30-18/h3-9,13-14,16-18,24-26H,2,10-11H2,1H3,(H,27,28)/t13?,14-,16-,17-,18-/m1/s1. The van der Waals surface area contributed by atoms with Crippen molar-refractivity contribution in [3.05, 3.63) is 58.6 Å². The normalized spacial score (nSPS) is 24.5. The maximum absolute atomic E-state index is 12.6. The molecule has 0 saturated carbocycles. The lowest BCUT2D eigenvalue weighted by atomic mass is 10.0. The minimum Gasteiger partial charge on any atom is -0.480 e. The number of aliphatic hydroxyl groups is 3. The van der Waals surface area contributed by atoms with E-state index < -0.39 is 48.8 Å². The number of rotatable bonds is 8. The molecule has 10 heteroatoms. The predicted octanol–water partition coefficient (Wildman–Crippen LogP) is -0.623. The predicted molar refractivity (Wildman–Crippen MR) is 106 cm³/mol. The number of aliphatic hydroxyl groups excluding tert-OH is 3. The van der Waals surface area contributed by atoms with Crippen molar-refractivity contribution in [2.45, 2.75) is 43.9 Å². The first-order valence-electron chi connectivity index (χ1n) is 9.62. The van der Waals surface area contributed by atoms with Gasteiger partial charge in [0, 0.05) is 19.2 Å². The molecule has 0 bridgehead atoms. The van der Waals surface area contributed by atoms with Gasteiger partial charge >= 0.3 is 11.7 Å². The third-order valence-electron chi connectivity index (χ3n) is 5.17. The molecule has 10 nitrogen and oxygen atoms in total. The van der Waals surface area contributed by atoms with Gasteiger partial charge in [0.2, 0.25) is 0 Å². The second-order valence-corrected chi connectivity index (χ2v) is 7.03. The Morgan fingerprint density at radius 2 is 1.93 bits per heavy atom. The van der Waals surface area contributed by atoms with Crippen LogP contribution in [-0.2, 0) is 16.0 Å². The van der Waals surface area contributed by atoms with Crippen LogP contribution in [-0.4, -0.2) is 73.5 Å². The molecule has 1 aromatic carbocycles. The topological polar surface area (TPSA) is 145 Å². The summed E-state index contributed by atoms with van der Waals surface area (Å²) in [7, 11) is 0. The molecule has 1 aromatic heterocycles. The third kappa shape index (κ3) is 4.36. The Morgan fingerprint density at radius 1 is 1.23 bits per heavy atom. The highest BCUT2D eigenvalue weighted by molar-refractivity contribution is 5.78. The highest BCUT2D eigenvalue weighted by Crippen LogP contribution is 2.28. The fraction of sp³-hybridized carbons (Fsp3) is 0.450. The Hall–Kier alpha value is -2.79. The number of benzene rings is 1. The van der Waals surface area contributed by atoms with Crippen LogP contribution in [0.5, 0.6) is 0 Å². The first-order valence-corrected chi connectivity index (χ1v) is 9.62. The first kappa shape index (κ1) is 21.9. The van der Waals surface area contributed by atoms with E-state index in [1.54, 1.807) is 6.92 Å². The van der Waals surface area contributed by atoms with Crippen LogP contribution in [0.1, 0.15) is 18.7 Å². The number of carboxylic acid groups (broad SMARTS) is 1. The number of hydrogen-bond acceptors (Lipinski definition) is 8. The van der Waals surface area contributed by atoms with Gasteiger partial charge in [0.05, 0.1) is 6.61 Å². The molecule has 1 aliphatic heterocycles. The van der Waals surface area contributed by atoms with Crippen LogP contribution in [0.4, 0.5) is 5.82 Å². The molecule has 1 aliphatic rings. The molecule has 5 atom stereocenters. The number of nitrogens with zero attached hydrogens (tertiary/aromatic N) is 3. The van der Waals surface area contributed by atoms with E-state index in [2.05, 4.69) is 4.98 Å². The van der Waals surface area contributed by atoms with Crippen molar-refractivity contribution in [1.29, 1.82) is 0 Å². The molecule has 30 heavy (non-hydrogen) atoms. The number of carboxylic acids is 1. The molecule has 1 fully saturated rings. The van der Waals surface area contributed by atoms with Gasteiger partial charge < -0.3 is 30.1 Å². The largest absolute Gasteiger partial charge is 0.480 e. The van der Waals surface area contributed by atoms with Crippen LogP contribution in [0.25, 0.3) is 0 Å². The molecule has 0 amide bonds. The van der Waals surface area contributed by atoms with Crippen molar-refractivity contribution in [3.8, 4) is 0 Å². The van der Waals surface area contributed by atoms with Crippen LogP contribution >= 0.6 is 0 Å². The number of aliphatic carboxylic acids is 1. The Labute approximate surface area is 172 Å². The van der Waals surface area contributed by atoms with Crippen molar-refractivity contribution in [2.75, 3.05) is 18.1 Å². The molecule has 4 N–H and O–H groups in total. The summed E-state index contributed by atoms with van der Waals surface area (Å²) in [6.07, 6.45) is -3.44. The zero-order valence-electron chi connectivity index (χ0n) is 16.4. The zero-order valence-corrected chi connectivity index (χ0v) is 16.4. The Balaban J connectivity index is 1.87. The van der Waals surface area contributed by atoms with Crippen molar-refractivity contribution < 1.29 is 30.0 Å². The maximum Gasteiger partial charge on any atom is 0.351 e. The average molecular weight is 419 g/mol. The Bertz CT molecular complexity index is 920. The monoisotopic (exact) mass is 419 g/mol. The van der Waals surface area contributed by atoms with E-state index >= 15 is 0 Å². The summed E-state index contributed by atoms with van der Waals surface area (Å²) in [4.78, 5) is 30.0. The second kappa shape index (κ2) is 9.35. The van der Waals surface area contributed by atoms with Gasteiger partial charge in [-0.3, -0.25) is 4.57 Å². The Morgan fingerprint density at radius 3 is 2.47 bits per heavy atom. The summed E-state index contributed by atoms with van der Waals surface area (Å²) >= 11 is 0. The lowest BCUT2D eigenvalue weighted by molar-refractivity contribution is -0.138. The summed E-state index contributed by atoms with van der Waals surface area (Å²) < 4.78 is 6.37. The molecule has 2 heterocycles. The molecule has 1 unspecified atom stereocenters. The SMILES string of the molecule is CCN(c1ccn([C@@H]2O[C@H](CO)[C@@H](O)[C@H]2O)c(=O)n1)C(Cc1ccccc1)C(=O)O. The minimum atomic E-state index is -1.42. The van der Waals surface area contributed by atoms with Crippen molar-refractivity contribution in [2.24, 2.45) is 0 Å². The maximum atomic E-state index is 12.6. The molecule has 0 aliphatic carbocycles. The highest BCUT2D eigenvalue weighted by Gasteiger charge is 2.43. The number of carbonyl (C=O) groups is 1. The molecule has 162 valence electrons. The van der Waals surface area contributed by atoms with Crippen LogP contribution in [0.3, 0.4) is 0 Å². The fourth-order valence-electron chi connectivity index (χ4n) is 3.58. The average Bonchev–Trinajstić information content (AvgIpc) is 3.02. The molecule has 3 rings (SSSR count). The van der Waals surface area contributed by atoms with E-state index in [-0.39, 0.29) is 12.2 Å². The minimum absolute atomic E-state index is 0.175. The fourth-order valence-corrected chi connectivity index (χ4v) is 3.58. The quantitative estimate of drug-likeness (QED) is 0.440. The first-order chi connectivity index (χ1) is 14.4. The third-order valence-corrected chi connectivity index (χ3v) is 5.17. The number of aromatic nitrogens is 2. The van der Waals surface area contributed by atoms with Gasteiger partial charge in [0.25, 0.3) is 0 Å². The number of anilines is 1. The molecular formula is C20H25N3O7. The molecule has 2 aromatic rings. The van der Waals surface area contributed by atoms with Gasteiger partial charge in [0.15, 0.2) is 6.23 Å². The number of hydrogen-bond donors (Lipinski definition) is 4. The zero-order chi connectivity index (χ0) is 21.8. The van der Waals surface area contributed by atoms with Crippen molar-refractivity contribution in [3.63, 3.8) is 0 Å². The van der Waals surface area contributed by atoms with Crippen molar-refractivity contribution in [1.82, 2.24) is 9.55 Å². The molecule has 0 radical (unpaired) electrons. The number of ether oxygens (including phenoxy) is 1. The van der Waals surface area contributed by atoms with Gasteiger partial charge in [-0.1, -0.05) is 30.3 Å². The van der Waals surface area contributed by atoms with Crippen LogP contribution in [0.2, 0.25) is 0 Å². The van der Waals surface area contributed by atoms with Gasteiger partial charge in [-0.25, -0.2) is 9.59 Å². The van der Waals surface area contributed by atoms with Gasteiger partial charge in [-0.05, 0) is 18.6 Å². The lowest BCUT2D eigenvalue weighted by Crippen LogP contribution is -2.44. The lowest BCUT2D eigenvalue weighted by Gasteiger charge is -2.29. The second-order valence-electron chi connectivity index (χ2n) is 7.03. The van der Waals surface area contributed by atoms with Crippen LogP contribution in [0, 0.1) is 0 Å². The van der Waals surface area contributed by atoms with Gasteiger partial charge in [-0.15, -0.1) is 0 Å². The van der Waals surface area contributed by atoms with Gasteiger partial charge in [0.1, 0.15) is 30.2 Å². The summed E-state index contributed by atoms with van der Waals surface area (Å²) in [6.45, 7) is 1.55. The van der Waals surface area contributed by atoms with E-state index in [1.165, 1.54) is 17.2 Å². The smallest absolute Gasteiger partial charge is 0.351 e. The van der Waals surface area contributed by atoms with E-state index in [0.717, 1.165) is 10.1 Å². The number of likely N-dealkylation sites (N-methyl/N-ethyl adjacent to an activating group) is 1. The summed E-state index contributed by atoms with van der Waals surface area (Å²) in [5.41, 5.74) is 0.0628. The summed E-state index contributed by atoms with van der Waals surface area (Å²) in [6, 6.07) is 9.68. The summed E-state index contributed by atoms with van der Waals surface area (Å²) in [5.74, 6) is -0.871. The highest BCUT2D eigenvalue weighted by atomic mass is 16.6.